The average Bonchev–Trinajstić information content (AvgIpc) is 2.30. The van der Waals surface area contributed by atoms with Crippen LogP contribution >= 0.6 is 15.9 Å². The molecule has 1 rings (SSSR count). The molecule has 0 radical (unpaired) electrons. The second-order valence-corrected chi connectivity index (χ2v) is 5.12. The monoisotopic (exact) mass is 341 g/mol. The van der Waals surface area contributed by atoms with Crippen LogP contribution in [-0.2, 0) is 0 Å². The molecule has 1 aromatic rings. The molecule has 0 fully saturated rings. The van der Waals surface area contributed by atoms with Gasteiger partial charge >= 0.3 is 6.18 Å². The Labute approximate surface area is 118 Å². The van der Waals surface area contributed by atoms with Gasteiger partial charge in [0, 0.05) is 18.0 Å². The number of alkyl halides is 3. The van der Waals surface area contributed by atoms with Crippen LogP contribution in [0.4, 0.5) is 17.6 Å². The summed E-state index contributed by atoms with van der Waals surface area (Å²) >= 11 is 3.08. The van der Waals surface area contributed by atoms with Crippen molar-refractivity contribution in [3.05, 3.63) is 34.1 Å². The molecular formula is C13H16BrF4N. The number of hydrogen-bond acceptors (Lipinski definition) is 1. The number of rotatable bonds is 6. The molecule has 0 amide bonds. The maximum absolute atomic E-state index is 13.9. The molecular weight excluding hydrogens is 326 g/mol. The Bertz CT molecular complexity index is 406. The summed E-state index contributed by atoms with van der Waals surface area (Å²) < 4.78 is 50.7. The van der Waals surface area contributed by atoms with Crippen molar-refractivity contribution in [3.8, 4) is 0 Å². The van der Waals surface area contributed by atoms with E-state index in [0.717, 1.165) is 0 Å². The molecule has 0 aliphatic rings. The van der Waals surface area contributed by atoms with Gasteiger partial charge in [-0.2, -0.15) is 13.2 Å². The number of benzene rings is 1. The van der Waals surface area contributed by atoms with Crippen LogP contribution in [0.25, 0.3) is 0 Å². The molecule has 0 saturated heterocycles. The average molecular weight is 342 g/mol. The maximum Gasteiger partial charge on any atom is 0.389 e. The van der Waals surface area contributed by atoms with Crippen LogP contribution in [0.15, 0.2) is 22.7 Å². The van der Waals surface area contributed by atoms with E-state index < -0.39 is 24.5 Å². The predicted octanol–water partition coefficient (Wildman–Crippen LogP) is 4.97. The van der Waals surface area contributed by atoms with Gasteiger partial charge in [0.25, 0.3) is 0 Å². The van der Waals surface area contributed by atoms with E-state index in [-0.39, 0.29) is 12.8 Å². The Hall–Kier alpha value is -0.620. The SMILES string of the molecule is CCNC(CCCC(F)(F)F)c1cccc(Br)c1F. The topological polar surface area (TPSA) is 12.0 Å². The summed E-state index contributed by atoms with van der Waals surface area (Å²) in [7, 11) is 0. The summed E-state index contributed by atoms with van der Waals surface area (Å²) in [5, 5.41) is 3.03. The van der Waals surface area contributed by atoms with Gasteiger partial charge in [0.1, 0.15) is 5.82 Å². The minimum Gasteiger partial charge on any atom is -0.310 e. The third-order valence-corrected chi connectivity index (χ3v) is 3.37. The van der Waals surface area contributed by atoms with E-state index in [9.17, 15) is 17.6 Å². The summed E-state index contributed by atoms with van der Waals surface area (Å²) in [6.07, 6.45) is -4.77. The molecule has 108 valence electrons. The summed E-state index contributed by atoms with van der Waals surface area (Å²) in [6, 6.07) is 4.44. The zero-order valence-corrected chi connectivity index (χ0v) is 12.1. The smallest absolute Gasteiger partial charge is 0.310 e. The number of halogens is 5. The second-order valence-electron chi connectivity index (χ2n) is 4.26. The molecule has 0 aromatic heterocycles. The molecule has 1 aromatic carbocycles. The minimum absolute atomic E-state index is 0.0207. The van der Waals surface area contributed by atoms with Crippen LogP contribution in [-0.4, -0.2) is 12.7 Å². The Morgan fingerprint density at radius 1 is 1.32 bits per heavy atom. The molecule has 19 heavy (non-hydrogen) atoms. The second kappa shape index (κ2) is 7.24. The van der Waals surface area contributed by atoms with E-state index in [0.29, 0.717) is 16.6 Å². The quantitative estimate of drug-likeness (QED) is 0.720. The fraction of sp³-hybridized carbons (Fsp3) is 0.538. The Morgan fingerprint density at radius 3 is 2.58 bits per heavy atom. The summed E-state index contributed by atoms with van der Waals surface area (Å²) in [5.41, 5.74) is 0.401. The highest BCUT2D eigenvalue weighted by atomic mass is 79.9. The van der Waals surface area contributed by atoms with Crippen molar-refractivity contribution >= 4 is 15.9 Å². The molecule has 0 aliphatic carbocycles. The Kier molecular flexibility index (Phi) is 6.26. The summed E-state index contributed by atoms with van der Waals surface area (Å²) in [6.45, 7) is 2.41. The molecule has 0 saturated carbocycles. The predicted molar refractivity (Wildman–Crippen MR) is 70.4 cm³/mol. The third kappa shape index (κ3) is 5.48. The van der Waals surface area contributed by atoms with E-state index in [1.165, 1.54) is 0 Å². The first-order valence-corrected chi connectivity index (χ1v) is 6.88. The van der Waals surface area contributed by atoms with Crippen molar-refractivity contribution < 1.29 is 17.6 Å². The standard InChI is InChI=1S/C13H16BrF4N/c1-2-19-11(7-4-8-13(16,17)18)9-5-3-6-10(14)12(9)15/h3,5-6,11,19H,2,4,7-8H2,1H3. The van der Waals surface area contributed by atoms with Crippen molar-refractivity contribution in [1.29, 1.82) is 0 Å². The van der Waals surface area contributed by atoms with E-state index in [1.54, 1.807) is 18.2 Å². The fourth-order valence-electron chi connectivity index (χ4n) is 1.91. The van der Waals surface area contributed by atoms with Gasteiger partial charge < -0.3 is 5.32 Å². The minimum atomic E-state index is -4.16. The van der Waals surface area contributed by atoms with Gasteiger partial charge in [-0.15, -0.1) is 0 Å². The molecule has 0 spiro atoms. The van der Waals surface area contributed by atoms with Crippen molar-refractivity contribution in [2.45, 2.75) is 38.4 Å². The van der Waals surface area contributed by atoms with E-state index in [4.69, 9.17) is 0 Å². The van der Waals surface area contributed by atoms with Crippen molar-refractivity contribution in [1.82, 2.24) is 5.32 Å². The highest BCUT2D eigenvalue weighted by Crippen LogP contribution is 2.29. The largest absolute Gasteiger partial charge is 0.389 e. The van der Waals surface area contributed by atoms with Crippen LogP contribution in [0.2, 0.25) is 0 Å². The third-order valence-electron chi connectivity index (χ3n) is 2.76. The number of nitrogens with one attached hydrogen (secondary N) is 1. The van der Waals surface area contributed by atoms with Crippen molar-refractivity contribution in [2.75, 3.05) is 6.54 Å². The molecule has 1 N–H and O–H groups in total. The van der Waals surface area contributed by atoms with Gasteiger partial charge in [-0.3, -0.25) is 0 Å². The van der Waals surface area contributed by atoms with E-state index in [1.807, 2.05) is 6.92 Å². The number of hydrogen-bond donors (Lipinski definition) is 1. The normalized spacial score (nSPS) is 13.6. The zero-order chi connectivity index (χ0) is 14.5. The van der Waals surface area contributed by atoms with Crippen molar-refractivity contribution in [3.63, 3.8) is 0 Å². The van der Waals surface area contributed by atoms with Crippen LogP contribution in [0, 0.1) is 5.82 Å². The summed E-state index contributed by atoms with van der Waals surface area (Å²) in [4.78, 5) is 0. The molecule has 1 nitrogen and oxygen atoms in total. The van der Waals surface area contributed by atoms with Gasteiger partial charge in [0.15, 0.2) is 0 Å². The van der Waals surface area contributed by atoms with Gasteiger partial charge in [0.05, 0.1) is 4.47 Å². The highest BCUT2D eigenvalue weighted by molar-refractivity contribution is 9.10. The van der Waals surface area contributed by atoms with Gasteiger partial charge in [-0.25, -0.2) is 4.39 Å². The van der Waals surface area contributed by atoms with E-state index >= 15 is 0 Å². The van der Waals surface area contributed by atoms with Crippen LogP contribution in [0.5, 0.6) is 0 Å². The highest BCUT2D eigenvalue weighted by Gasteiger charge is 2.27. The lowest BCUT2D eigenvalue weighted by Gasteiger charge is -2.19. The van der Waals surface area contributed by atoms with E-state index in [2.05, 4.69) is 21.2 Å². The lowest BCUT2D eigenvalue weighted by molar-refractivity contribution is -0.135. The molecule has 1 atom stereocenters. The van der Waals surface area contributed by atoms with Gasteiger partial charge in [-0.05, 0) is 41.4 Å². The first kappa shape index (κ1) is 16.4. The first-order chi connectivity index (χ1) is 8.85. The van der Waals surface area contributed by atoms with Crippen LogP contribution in [0.3, 0.4) is 0 Å². The zero-order valence-electron chi connectivity index (χ0n) is 10.5. The lowest BCUT2D eigenvalue weighted by atomic mass is 10.0. The first-order valence-electron chi connectivity index (χ1n) is 6.09. The molecule has 0 bridgehead atoms. The lowest BCUT2D eigenvalue weighted by Crippen LogP contribution is -2.22. The van der Waals surface area contributed by atoms with Gasteiger partial charge in [0.2, 0.25) is 0 Å². The van der Waals surface area contributed by atoms with Crippen LogP contribution in [0.1, 0.15) is 37.8 Å². The maximum atomic E-state index is 13.9. The molecule has 0 heterocycles. The molecule has 1 unspecified atom stereocenters. The fourth-order valence-corrected chi connectivity index (χ4v) is 2.29. The van der Waals surface area contributed by atoms with Crippen LogP contribution < -0.4 is 5.32 Å². The molecule has 6 heteroatoms. The van der Waals surface area contributed by atoms with Crippen molar-refractivity contribution in [2.24, 2.45) is 0 Å². The summed E-state index contributed by atoms with van der Waals surface area (Å²) in [5.74, 6) is -0.416. The van der Waals surface area contributed by atoms with Gasteiger partial charge in [-0.1, -0.05) is 19.1 Å². The Balaban J connectivity index is 2.74. The Morgan fingerprint density at radius 2 is 2.00 bits per heavy atom. The molecule has 0 aliphatic heterocycles.